The van der Waals surface area contributed by atoms with Gasteiger partial charge in [-0.25, -0.2) is 0 Å². The van der Waals surface area contributed by atoms with Gasteiger partial charge in [0.2, 0.25) is 0 Å². The number of hydrogen-bond acceptors (Lipinski definition) is 12. The van der Waals surface area contributed by atoms with E-state index in [1.54, 1.807) is 24.5 Å². The zero-order valence-electron chi connectivity index (χ0n) is 40.0. The highest BCUT2D eigenvalue weighted by molar-refractivity contribution is 5.78. The van der Waals surface area contributed by atoms with Gasteiger partial charge in [0.15, 0.2) is 41.7 Å². The van der Waals surface area contributed by atoms with Crippen molar-refractivity contribution in [1.29, 1.82) is 37.9 Å². The molecule has 26 N–H and O–H groups in total. The van der Waals surface area contributed by atoms with Crippen molar-refractivity contribution in [3.8, 4) is 0 Å². The van der Waals surface area contributed by atoms with Gasteiger partial charge in [-0.15, -0.1) is 0 Å². The van der Waals surface area contributed by atoms with Gasteiger partial charge in [0.05, 0.1) is 31.6 Å². The molecule has 6 aliphatic rings. The lowest BCUT2D eigenvalue weighted by molar-refractivity contribution is -0.143. The van der Waals surface area contributed by atoms with Crippen LogP contribution >= 0.6 is 0 Å². The molecule has 0 aromatic heterocycles. The molecule has 396 valence electrons. The third-order valence-corrected chi connectivity index (χ3v) is 11.5. The second-order valence-electron chi connectivity index (χ2n) is 16.8. The minimum Gasteiger partial charge on any atom is -0.481 e. The first-order valence-corrected chi connectivity index (χ1v) is 23.0. The zero-order valence-corrected chi connectivity index (χ0v) is 40.0. The lowest BCUT2D eigenvalue weighted by Gasteiger charge is -2.34. The molecule has 6 heterocycles. The van der Waals surface area contributed by atoms with Crippen molar-refractivity contribution in [2.45, 2.75) is 95.6 Å². The van der Waals surface area contributed by atoms with E-state index >= 15 is 0 Å². The summed E-state index contributed by atoms with van der Waals surface area (Å²) in [7, 11) is 0. The number of aliphatic hydroxyl groups is 2. The highest BCUT2D eigenvalue weighted by atomic mass is 16.4. The molecule has 0 amide bonds. The molecule has 0 spiro atoms. The molecular weight excluding hydrogens is 903 g/mol. The molecule has 0 saturated carbocycles. The van der Waals surface area contributed by atoms with Gasteiger partial charge in [0.1, 0.15) is 0 Å². The number of carboxylic acid groups (broad SMARTS) is 3. The molecule has 6 fully saturated rings. The number of nitrogens with one attached hydrogen (secondary N) is 7. The summed E-state index contributed by atoms with van der Waals surface area (Å²) < 4.78 is 0. The molecule has 2 unspecified atom stereocenters. The molecule has 6 saturated heterocycles. The van der Waals surface area contributed by atoms with E-state index in [1.807, 2.05) is 9.80 Å². The summed E-state index contributed by atoms with van der Waals surface area (Å²) in [5.41, 5.74) is 36.8. The van der Waals surface area contributed by atoms with Crippen molar-refractivity contribution in [2.24, 2.45) is 46.1 Å². The van der Waals surface area contributed by atoms with Crippen LogP contribution in [0.5, 0.6) is 0 Å². The second kappa shape index (κ2) is 34.5. The number of likely N-dealkylation sites (tertiary alicyclic amines) is 5. The molecule has 29 nitrogen and oxygen atoms in total. The van der Waals surface area contributed by atoms with Crippen molar-refractivity contribution in [3.05, 3.63) is 0 Å². The standard InChI is InChI=1S/C8H15N3O2.C6H14N6.C6H13N3O.C6H13N3.C5H11N3O.C5H11N3.C4H6O4/c9-8(10)11-3-1-6(2-4-11)5-7(12)13;7-5(8)11-1-2-12(4-3-11)6(9)10;7-6(8)9-3-1-2-5(9)4-10;7-6(8)9-4-2-1-3-5-9;6-5(7)8-2-1-4(9)3-8;6-5(7)8-3-1-2-4-8;5-3(6)1-2-4(7)8/h6H,1-5H2,(H3,9,10)(H,12,13);1-4H2,(H3,7,8)(H3,9,10);5,10H,1-4H2,(H3,7,8);1-5H2,(H3,7,8);4,9H,1-3H2,(H3,6,7);1-4H2,(H3,6,7);1-2H2,(H,5,6)(H,7,8). The molecule has 0 bridgehead atoms. The average Bonchev–Trinajstić information content (AvgIpc) is 4.11. The Labute approximate surface area is 404 Å². The van der Waals surface area contributed by atoms with Crippen molar-refractivity contribution < 1.29 is 39.9 Å². The van der Waals surface area contributed by atoms with E-state index in [1.165, 1.54) is 32.1 Å². The summed E-state index contributed by atoms with van der Waals surface area (Å²) in [5, 5.41) is 91.8. The van der Waals surface area contributed by atoms with Crippen molar-refractivity contribution in [2.75, 3.05) is 91.7 Å². The molecule has 0 aromatic carbocycles. The van der Waals surface area contributed by atoms with Gasteiger partial charge in [-0.05, 0) is 70.1 Å². The predicted octanol–water partition coefficient (Wildman–Crippen LogP) is -2.98. The summed E-state index contributed by atoms with van der Waals surface area (Å²) in [5.74, 6) is -1.75. The number of rotatable bonds is 6. The van der Waals surface area contributed by atoms with Gasteiger partial charge < -0.3 is 100.0 Å². The number of guanidine groups is 7. The van der Waals surface area contributed by atoms with Crippen molar-refractivity contribution in [3.63, 3.8) is 0 Å². The number of aliphatic carboxylic acids is 3. The van der Waals surface area contributed by atoms with Crippen molar-refractivity contribution in [1.82, 2.24) is 34.3 Å². The molecule has 29 heteroatoms. The van der Waals surface area contributed by atoms with Crippen LogP contribution in [0, 0.1) is 43.8 Å². The first-order chi connectivity index (χ1) is 32.4. The van der Waals surface area contributed by atoms with E-state index in [2.05, 4.69) is 0 Å². The Hall–Kier alpha value is -6.78. The molecule has 0 aliphatic carbocycles. The van der Waals surface area contributed by atoms with Crippen LogP contribution in [0.25, 0.3) is 0 Å². The van der Waals surface area contributed by atoms with E-state index in [0.717, 1.165) is 71.4 Å². The Morgan fingerprint density at radius 2 is 0.768 bits per heavy atom. The summed E-state index contributed by atoms with van der Waals surface area (Å²) in [6.07, 6.45) is 9.81. The number of carboxylic acids is 3. The molecule has 69 heavy (non-hydrogen) atoms. The third kappa shape index (κ3) is 28.9. The lowest BCUT2D eigenvalue weighted by atomic mass is 9.94. The van der Waals surface area contributed by atoms with E-state index in [9.17, 15) is 14.4 Å². The van der Waals surface area contributed by atoms with Gasteiger partial charge in [0.25, 0.3) is 0 Å². The lowest BCUT2D eigenvalue weighted by Crippen LogP contribution is -2.53. The highest BCUT2D eigenvalue weighted by Crippen LogP contribution is 2.20. The average molecular weight is 986 g/mol. The number of piperidine rings is 2. The summed E-state index contributed by atoms with van der Waals surface area (Å²) in [4.78, 5) is 42.2. The molecule has 0 aromatic rings. The van der Waals surface area contributed by atoms with E-state index in [0.29, 0.717) is 45.8 Å². The number of piperazine rings is 1. The molecule has 6 rings (SSSR count). The topological polar surface area (TPSA) is 524 Å². The monoisotopic (exact) mass is 986 g/mol. The normalized spacial score (nSPS) is 19.5. The highest BCUT2D eigenvalue weighted by Gasteiger charge is 2.25. The largest absolute Gasteiger partial charge is 0.481 e. The van der Waals surface area contributed by atoms with Crippen LogP contribution in [0.1, 0.15) is 83.5 Å². The van der Waals surface area contributed by atoms with Crippen LogP contribution in [0.4, 0.5) is 0 Å². The number of aliphatic hydroxyl groups excluding tert-OH is 2. The Morgan fingerprint density at radius 1 is 0.420 bits per heavy atom. The fourth-order valence-electron chi connectivity index (χ4n) is 7.42. The van der Waals surface area contributed by atoms with Crippen LogP contribution < -0.4 is 40.1 Å². The van der Waals surface area contributed by atoms with Gasteiger partial charge in [-0.1, -0.05) is 0 Å². The van der Waals surface area contributed by atoms with Crippen LogP contribution in [0.15, 0.2) is 0 Å². The molecule has 0 radical (unpaired) electrons. The van der Waals surface area contributed by atoms with E-state index < -0.39 is 17.9 Å². The van der Waals surface area contributed by atoms with Gasteiger partial charge >= 0.3 is 17.9 Å². The van der Waals surface area contributed by atoms with Crippen molar-refractivity contribution >= 4 is 59.6 Å². The number of hydrogen-bond donors (Lipinski definition) is 19. The first kappa shape index (κ1) is 62.2. The first-order valence-electron chi connectivity index (χ1n) is 23.0. The number of nitrogens with zero attached hydrogens (tertiary/aromatic N) is 7. The van der Waals surface area contributed by atoms with E-state index in [4.69, 9.17) is 104 Å². The Balaban J connectivity index is 0.000000787. The van der Waals surface area contributed by atoms with Crippen LogP contribution in [0.3, 0.4) is 0 Å². The Kier molecular flexibility index (Phi) is 31.1. The molecule has 6 aliphatic heterocycles. The SMILES string of the molecule is N=C(N)N1CCC(CC(=O)O)CC1.N=C(N)N1CCC(O)C1.N=C(N)N1CCCC1.N=C(N)N1CCCC1CO.N=C(N)N1CCCCC1.N=C(N)N1CCN(C(=N)N)CC1.O=C(O)CCC(=O)O. The fraction of sp³-hybridized carbons (Fsp3) is 0.750. The van der Waals surface area contributed by atoms with Gasteiger partial charge in [-0.3, -0.25) is 52.2 Å². The number of carbonyl (C=O) groups is 3. The van der Waals surface area contributed by atoms with Crippen LogP contribution in [-0.2, 0) is 14.4 Å². The third-order valence-electron chi connectivity index (χ3n) is 11.5. The zero-order chi connectivity index (χ0) is 52.6. The fourth-order valence-corrected chi connectivity index (χ4v) is 7.42. The summed E-state index contributed by atoms with van der Waals surface area (Å²) in [6.45, 7) is 10.2. The Bertz CT molecular complexity index is 1580. The van der Waals surface area contributed by atoms with Gasteiger partial charge in [0, 0.05) is 91.5 Å². The Morgan fingerprint density at radius 3 is 1.03 bits per heavy atom. The summed E-state index contributed by atoms with van der Waals surface area (Å²) >= 11 is 0. The summed E-state index contributed by atoms with van der Waals surface area (Å²) in [6, 6.07) is 0.0949. The molecule has 2 atom stereocenters. The van der Waals surface area contributed by atoms with Crippen LogP contribution in [0.2, 0.25) is 0 Å². The minimum atomic E-state index is -1.08. The van der Waals surface area contributed by atoms with Crippen LogP contribution in [-0.4, -0.2) is 223 Å². The maximum absolute atomic E-state index is 10.4. The quantitative estimate of drug-likeness (QED) is 0.0932. The second-order valence-corrected chi connectivity index (χ2v) is 16.8. The maximum atomic E-state index is 10.4. The van der Waals surface area contributed by atoms with E-state index in [-0.39, 0.29) is 85.6 Å². The number of β-amino-alcohol motifs (C(OH)–C–C–N with tert-alkyl or cyclic N) is 1. The predicted molar refractivity (Wildman–Crippen MR) is 263 cm³/mol. The minimum absolute atomic E-state index is 0.0616. The molecular formula is C40H83N21O8. The number of nitrogens with two attached hydrogens (primary N) is 7. The maximum Gasteiger partial charge on any atom is 0.303 e. The van der Waals surface area contributed by atoms with Gasteiger partial charge in [-0.2, -0.15) is 0 Å². The smallest absolute Gasteiger partial charge is 0.303 e.